The molecule has 32 heavy (non-hydrogen) atoms. The van der Waals surface area contributed by atoms with E-state index in [0.29, 0.717) is 5.69 Å². The second kappa shape index (κ2) is 13.3. The minimum atomic E-state index is -3.84. The zero-order valence-corrected chi connectivity index (χ0v) is 20.0. The van der Waals surface area contributed by atoms with Gasteiger partial charge >= 0.3 is 0 Å². The van der Waals surface area contributed by atoms with Gasteiger partial charge in [-0.2, -0.15) is 9.41 Å². The molecule has 1 aliphatic rings. The van der Waals surface area contributed by atoms with E-state index in [1.54, 1.807) is 0 Å². The summed E-state index contributed by atoms with van der Waals surface area (Å²) >= 11 is 0. The van der Waals surface area contributed by atoms with Crippen LogP contribution in [0.5, 0.6) is 0 Å². The molecule has 0 bridgehead atoms. The van der Waals surface area contributed by atoms with Crippen LogP contribution in [0.3, 0.4) is 0 Å². The standard InChI is InChI=1S/C23H36N4O4S/c1-19(28)24-20-14-16-22(17-15-20)32(30,31)27(2)18-23(29)26-25-21-12-10-8-6-4-3-5-7-9-11-13-21/h14-17H,3-13,18H2,1-2H3,(H,24,28)(H,26,29). The van der Waals surface area contributed by atoms with Gasteiger partial charge < -0.3 is 5.32 Å². The van der Waals surface area contributed by atoms with Crippen LogP contribution < -0.4 is 10.7 Å². The molecule has 1 aliphatic carbocycles. The minimum absolute atomic E-state index is 0.0486. The number of sulfonamides is 1. The molecule has 0 aliphatic heterocycles. The Morgan fingerprint density at radius 3 is 1.91 bits per heavy atom. The summed E-state index contributed by atoms with van der Waals surface area (Å²) < 4.78 is 26.5. The molecule has 0 saturated heterocycles. The second-order valence-electron chi connectivity index (χ2n) is 8.36. The van der Waals surface area contributed by atoms with Crippen LogP contribution in [0.2, 0.25) is 0 Å². The summed E-state index contributed by atoms with van der Waals surface area (Å²) in [5.41, 5.74) is 4.03. The number of hydrazone groups is 1. The number of hydrogen-bond acceptors (Lipinski definition) is 5. The van der Waals surface area contributed by atoms with Crippen molar-refractivity contribution in [2.45, 2.75) is 82.4 Å². The number of carbonyl (C=O) groups excluding carboxylic acids is 2. The van der Waals surface area contributed by atoms with Crippen molar-refractivity contribution in [2.75, 3.05) is 18.9 Å². The van der Waals surface area contributed by atoms with Crippen LogP contribution in [0.1, 0.15) is 77.6 Å². The van der Waals surface area contributed by atoms with Gasteiger partial charge in [0.25, 0.3) is 5.91 Å². The van der Waals surface area contributed by atoms with Crippen molar-refractivity contribution in [2.24, 2.45) is 5.10 Å². The summed E-state index contributed by atoms with van der Waals surface area (Å²) in [7, 11) is -2.48. The van der Waals surface area contributed by atoms with Crippen LogP contribution in [-0.4, -0.2) is 43.8 Å². The number of nitrogens with zero attached hydrogens (tertiary/aromatic N) is 2. The van der Waals surface area contributed by atoms with E-state index in [4.69, 9.17) is 0 Å². The molecule has 178 valence electrons. The molecule has 0 radical (unpaired) electrons. The summed E-state index contributed by atoms with van der Waals surface area (Å²) in [5, 5.41) is 6.90. The zero-order valence-electron chi connectivity index (χ0n) is 19.2. The fraction of sp³-hybridized carbons (Fsp3) is 0.609. The Labute approximate surface area is 191 Å². The summed E-state index contributed by atoms with van der Waals surface area (Å²) in [6, 6.07) is 5.83. The highest BCUT2D eigenvalue weighted by Gasteiger charge is 2.23. The maximum Gasteiger partial charge on any atom is 0.255 e. The molecule has 8 nitrogen and oxygen atoms in total. The maximum atomic E-state index is 12.7. The first-order valence-corrected chi connectivity index (χ1v) is 12.9. The van der Waals surface area contributed by atoms with E-state index in [2.05, 4.69) is 15.8 Å². The largest absolute Gasteiger partial charge is 0.326 e. The van der Waals surface area contributed by atoms with Crippen molar-refractivity contribution >= 4 is 33.2 Å². The Balaban J connectivity index is 1.92. The van der Waals surface area contributed by atoms with E-state index in [1.165, 1.54) is 83.2 Å². The third-order valence-corrected chi connectivity index (χ3v) is 7.34. The SMILES string of the molecule is CC(=O)Nc1ccc(S(=O)(=O)N(C)CC(=O)NN=C2CCCCCCCCCCC2)cc1. The van der Waals surface area contributed by atoms with Gasteiger partial charge in [-0.1, -0.05) is 44.9 Å². The lowest BCUT2D eigenvalue weighted by molar-refractivity contribution is -0.121. The zero-order chi connectivity index (χ0) is 23.4. The molecule has 1 fully saturated rings. The fourth-order valence-corrected chi connectivity index (χ4v) is 4.82. The van der Waals surface area contributed by atoms with E-state index in [0.717, 1.165) is 35.7 Å². The molecule has 9 heteroatoms. The lowest BCUT2D eigenvalue weighted by Gasteiger charge is -2.17. The predicted octanol–water partition coefficient (Wildman–Crippen LogP) is 4.04. The fourth-order valence-electron chi connectivity index (χ4n) is 3.69. The van der Waals surface area contributed by atoms with Crippen LogP contribution >= 0.6 is 0 Å². The molecular formula is C23H36N4O4S. The van der Waals surface area contributed by atoms with Gasteiger partial charge in [0.05, 0.1) is 11.4 Å². The average molecular weight is 465 g/mol. The smallest absolute Gasteiger partial charge is 0.255 e. The van der Waals surface area contributed by atoms with Crippen molar-refractivity contribution in [1.29, 1.82) is 0 Å². The van der Waals surface area contributed by atoms with Crippen LogP contribution in [0, 0.1) is 0 Å². The molecule has 2 amide bonds. The second-order valence-corrected chi connectivity index (χ2v) is 10.4. The predicted molar refractivity (Wildman–Crippen MR) is 127 cm³/mol. The summed E-state index contributed by atoms with van der Waals surface area (Å²) in [5.74, 6) is -0.706. The molecule has 2 rings (SSSR count). The molecule has 0 spiro atoms. The Hall–Kier alpha value is -2.26. The number of amides is 2. The quantitative estimate of drug-likeness (QED) is 0.619. The van der Waals surface area contributed by atoms with Gasteiger partial charge in [0.2, 0.25) is 15.9 Å². The van der Waals surface area contributed by atoms with Gasteiger partial charge in [-0.25, -0.2) is 13.8 Å². The van der Waals surface area contributed by atoms with Crippen molar-refractivity contribution in [3.63, 3.8) is 0 Å². The number of rotatable bonds is 6. The first-order chi connectivity index (χ1) is 15.3. The maximum absolute atomic E-state index is 12.7. The number of hydrogen-bond donors (Lipinski definition) is 2. The molecule has 1 aromatic rings. The summed E-state index contributed by atoms with van der Waals surface area (Å²) in [4.78, 5) is 23.5. The molecule has 0 unspecified atom stereocenters. The topological polar surface area (TPSA) is 108 Å². The molecule has 0 heterocycles. The van der Waals surface area contributed by atoms with E-state index in [-0.39, 0.29) is 17.3 Å². The van der Waals surface area contributed by atoms with Gasteiger partial charge in [-0.15, -0.1) is 0 Å². The molecule has 0 aromatic heterocycles. The molecule has 1 aromatic carbocycles. The molecule has 1 saturated carbocycles. The average Bonchev–Trinajstić information content (AvgIpc) is 2.73. The van der Waals surface area contributed by atoms with E-state index >= 15 is 0 Å². The van der Waals surface area contributed by atoms with Crippen LogP contribution in [0.15, 0.2) is 34.3 Å². The highest BCUT2D eigenvalue weighted by molar-refractivity contribution is 7.89. The van der Waals surface area contributed by atoms with Gasteiger partial charge in [-0.05, 0) is 49.9 Å². The van der Waals surface area contributed by atoms with Gasteiger partial charge in [-0.3, -0.25) is 9.59 Å². The van der Waals surface area contributed by atoms with E-state index in [9.17, 15) is 18.0 Å². The number of likely N-dealkylation sites (N-methyl/N-ethyl adjacent to an activating group) is 1. The minimum Gasteiger partial charge on any atom is -0.326 e. The Kier molecular flexibility index (Phi) is 10.8. The third kappa shape index (κ3) is 9.08. The monoisotopic (exact) mass is 464 g/mol. The van der Waals surface area contributed by atoms with Gasteiger partial charge in [0.1, 0.15) is 0 Å². The highest BCUT2D eigenvalue weighted by Crippen LogP contribution is 2.18. The lowest BCUT2D eigenvalue weighted by Crippen LogP contribution is -2.37. The van der Waals surface area contributed by atoms with Crippen molar-refractivity contribution < 1.29 is 18.0 Å². The highest BCUT2D eigenvalue weighted by atomic mass is 32.2. The van der Waals surface area contributed by atoms with Crippen LogP contribution in [0.25, 0.3) is 0 Å². The molecular weight excluding hydrogens is 428 g/mol. The van der Waals surface area contributed by atoms with Gasteiger partial charge in [0, 0.05) is 25.4 Å². The lowest BCUT2D eigenvalue weighted by atomic mass is 10.00. The van der Waals surface area contributed by atoms with Crippen molar-refractivity contribution in [3.8, 4) is 0 Å². The first kappa shape index (κ1) is 26.0. The molecule has 0 atom stereocenters. The molecule has 2 N–H and O–H groups in total. The Bertz CT molecular complexity index is 868. The number of anilines is 1. The summed E-state index contributed by atoms with van der Waals surface area (Å²) in [6.45, 7) is 1.05. The van der Waals surface area contributed by atoms with Crippen molar-refractivity contribution in [3.05, 3.63) is 24.3 Å². The first-order valence-electron chi connectivity index (χ1n) is 11.5. The van der Waals surface area contributed by atoms with Crippen LogP contribution in [0.4, 0.5) is 5.69 Å². The van der Waals surface area contributed by atoms with E-state index in [1.807, 2.05) is 0 Å². The van der Waals surface area contributed by atoms with E-state index < -0.39 is 15.9 Å². The Morgan fingerprint density at radius 1 is 0.906 bits per heavy atom. The number of carbonyl (C=O) groups is 2. The Morgan fingerprint density at radius 2 is 1.41 bits per heavy atom. The van der Waals surface area contributed by atoms with Crippen molar-refractivity contribution in [1.82, 2.24) is 9.73 Å². The van der Waals surface area contributed by atoms with Gasteiger partial charge in [0.15, 0.2) is 0 Å². The van der Waals surface area contributed by atoms with Crippen LogP contribution in [-0.2, 0) is 19.6 Å². The summed E-state index contributed by atoms with van der Waals surface area (Å²) in [6.07, 6.45) is 12.6. The number of benzene rings is 1. The third-order valence-electron chi connectivity index (χ3n) is 5.52. The normalized spacial score (nSPS) is 16.5. The number of nitrogens with one attached hydrogen (secondary N) is 2.